The molecule has 0 aliphatic rings. The van der Waals surface area contributed by atoms with E-state index >= 15 is 0 Å². The van der Waals surface area contributed by atoms with E-state index in [1.54, 1.807) is 23.9 Å². The number of alkyl halides is 1. The lowest BCUT2D eigenvalue weighted by Gasteiger charge is -2.06. The van der Waals surface area contributed by atoms with Gasteiger partial charge in [0.05, 0.1) is 11.6 Å². The summed E-state index contributed by atoms with van der Waals surface area (Å²) < 4.78 is 12.8. The van der Waals surface area contributed by atoms with Gasteiger partial charge in [-0.15, -0.1) is 23.4 Å². The average molecular weight is 309 g/mol. The van der Waals surface area contributed by atoms with Crippen LogP contribution < -0.4 is 5.73 Å². The van der Waals surface area contributed by atoms with E-state index in [0.29, 0.717) is 5.84 Å². The Morgan fingerprint density at radius 2 is 1.85 bits per heavy atom. The zero-order chi connectivity index (χ0) is 14.4. The van der Waals surface area contributed by atoms with Gasteiger partial charge >= 0.3 is 0 Å². The molecule has 0 radical (unpaired) electrons. The topological polar surface area (TPSA) is 38.4 Å². The second kappa shape index (κ2) is 7.31. The monoisotopic (exact) mass is 308 g/mol. The Hall–Kier alpha value is -1.52. The van der Waals surface area contributed by atoms with E-state index < -0.39 is 0 Å². The minimum atomic E-state index is -0.223. The first-order chi connectivity index (χ1) is 9.69. The summed E-state index contributed by atoms with van der Waals surface area (Å²) in [4.78, 5) is 5.30. The lowest BCUT2D eigenvalue weighted by Crippen LogP contribution is -2.12. The first kappa shape index (κ1) is 14.9. The molecule has 2 rings (SSSR count). The maximum absolute atomic E-state index is 12.8. The van der Waals surface area contributed by atoms with Crippen molar-refractivity contribution in [3.05, 3.63) is 59.9 Å². The summed E-state index contributed by atoms with van der Waals surface area (Å²) in [6.45, 7) is 0. The molecular formula is C15H14ClFN2S. The predicted molar refractivity (Wildman–Crippen MR) is 84.4 cm³/mol. The zero-order valence-corrected chi connectivity index (χ0v) is 12.3. The van der Waals surface area contributed by atoms with Gasteiger partial charge in [0.25, 0.3) is 0 Å². The normalized spacial score (nSPS) is 11.6. The van der Waals surface area contributed by atoms with Crippen LogP contribution in [-0.4, -0.2) is 11.7 Å². The van der Waals surface area contributed by atoms with Gasteiger partial charge in [-0.05, 0) is 29.8 Å². The maximum atomic E-state index is 12.8. The molecule has 0 amide bonds. The summed E-state index contributed by atoms with van der Waals surface area (Å²) in [6, 6.07) is 14.2. The van der Waals surface area contributed by atoms with E-state index in [-0.39, 0.29) is 11.7 Å². The van der Waals surface area contributed by atoms with Crippen molar-refractivity contribution in [3.8, 4) is 0 Å². The number of thioether (sulfide) groups is 1. The molecular weight excluding hydrogens is 295 g/mol. The molecule has 2 nitrogen and oxygen atoms in total. The van der Waals surface area contributed by atoms with E-state index in [4.69, 9.17) is 17.3 Å². The van der Waals surface area contributed by atoms with Crippen molar-refractivity contribution in [1.82, 2.24) is 0 Å². The highest BCUT2D eigenvalue weighted by Gasteiger charge is 2.03. The lowest BCUT2D eigenvalue weighted by molar-refractivity contribution is 0.627. The van der Waals surface area contributed by atoms with Gasteiger partial charge < -0.3 is 5.73 Å². The largest absolute Gasteiger partial charge is 0.386 e. The van der Waals surface area contributed by atoms with E-state index in [9.17, 15) is 4.39 Å². The number of aliphatic imine (C=N–C) groups is 1. The van der Waals surface area contributed by atoms with Gasteiger partial charge in [0.1, 0.15) is 11.7 Å². The quantitative estimate of drug-likeness (QED) is 0.386. The molecule has 2 aromatic rings. The van der Waals surface area contributed by atoms with Crippen LogP contribution in [0.3, 0.4) is 0 Å². The van der Waals surface area contributed by atoms with Crippen molar-refractivity contribution in [2.75, 3.05) is 5.88 Å². The van der Waals surface area contributed by atoms with Gasteiger partial charge in [-0.2, -0.15) is 0 Å². The second-order valence-electron chi connectivity index (χ2n) is 4.12. The molecule has 0 saturated heterocycles. The summed E-state index contributed by atoms with van der Waals surface area (Å²) in [5, 5.41) is 0. The summed E-state index contributed by atoms with van der Waals surface area (Å²) >= 11 is 7.27. The molecule has 20 heavy (non-hydrogen) atoms. The predicted octanol–water partition coefficient (Wildman–Crippen LogP) is 4.35. The third kappa shape index (κ3) is 4.25. The van der Waals surface area contributed by atoms with Crippen molar-refractivity contribution >= 4 is 34.9 Å². The smallest absolute Gasteiger partial charge is 0.123 e. The number of benzene rings is 2. The van der Waals surface area contributed by atoms with Gasteiger partial charge in [0.15, 0.2) is 0 Å². The number of amidine groups is 1. The Balaban J connectivity index is 2.11. The molecule has 2 aromatic carbocycles. The fourth-order valence-corrected chi connectivity index (χ4v) is 2.61. The Labute approximate surface area is 126 Å². The average Bonchev–Trinajstić information content (AvgIpc) is 2.48. The maximum Gasteiger partial charge on any atom is 0.123 e. The van der Waals surface area contributed by atoms with Gasteiger partial charge in [-0.3, -0.25) is 0 Å². The molecule has 0 spiro atoms. The van der Waals surface area contributed by atoms with Crippen molar-refractivity contribution < 1.29 is 4.39 Å². The van der Waals surface area contributed by atoms with E-state index in [1.165, 1.54) is 12.1 Å². The van der Waals surface area contributed by atoms with E-state index in [2.05, 4.69) is 4.99 Å². The summed E-state index contributed by atoms with van der Waals surface area (Å²) in [5.74, 6) is 1.12. The number of hydrogen-bond acceptors (Lipinski definition) is 2. The summed E-state index contributed by atoms with van der Waals surface area (Å²) in [7, 11) is 0. The number of halogens is 2. The Bertz CT molecular complexity index is 599. The number of rotatable bonds is 5. The van der Waals surface area contributed by atoms with Crippen LogP contribution in [0.2, 0.25) is 0 Å². The third-order valence-corrected chi connectivity index (χ3v) is 3.98. The SMILES string of the molecule is NC(CCl)=Nc1ccccc1SCc1ccc(F)cc1. The number of para-hydroxylation sites is 1. The van der Waals surface area contributed by atoms with Gasteiger partial charge in [0.2, 0.25) is 0 Å². The Morgan fingerprint density at radius 3 is 2.55 bits per heavy atom. The van der Waals surface area contributed by atoms with Gasteiger partial charge in [-0.1, -0.05) is 24.3 Å². The second-order valence-corrected chi connectivity index (χ2v) is 5.40. The molecule has 0 aromatic heterocycles. The summed E-state index contributed by atoms with van der Waals surface area (Å²) in [6.07, 6.45) is 0. The van der Waals surface area contributed by atoms with Crippen LogP contribution in [0.15, 0.2) is 58.4 Å². The van der Waals surface area contributed by atoms with Crippen LogP contribution in [0.25, 0.3) is 0 Å². The zero-order valence-electron chi connectivity index (χ0n) is 10.7. The molecule has 0 saturated carbocycles. The van der Waals surface area contributed by atoms with Crippen LogP contribution in [-0.2, 0) is 5.75 Å². The number of nitrogens with two attached hydrogens (primary N) is 1. The van der Waals surface area contributed by atoms with Crippen LogP contribution in [0.5, 0.6) is 0 Å². The lowest BCUT2D eigenvalue weighted by atomic mass is 10.2. The first-order valence-corrected chi connectivity index (χ1v) is 7.56. The standard InChI is InChI=1S/C15H14ClFN2S/c16-9-15(18)19-13-3-1-2-4-14(13)20-10-11-5-7-12(17)8-6-11/h1-8H,9-10H2,(H2,18,19). The molecule has 0 aliphatic carbocycles. The molecule has 0 atom stereocenters. The van der Waals surface area contributed by atoms with Crippen molar-refractivity contribution in [3.63, 3.8) is 0 Å². The highest BCUT2D eigenvalue weighted by Crippen LogP contribution is 2.31. The molecule has 5 heteroatoms. The van der Waals surface area contributed by atoms with Crippen LogP contribution in [0.1, 0.15) is 5.56 Å². The first-order valence-electron chi connectivity index (χ1n) is 6.04. The molecule has 0 unspecified atom stereocenters. The van der Waals surface area contributed by atoms with E-state index in [0.717, 1.165) is 21.9 Å². The molecule has 0 heterocycles. The number of hydrogen-bond donors (Lipinski definition) is 1. The molecule has 0 bridgehead atoms. The summed E-state index contributed by atoms with van der Waals surface area (Å²) in [5.41, 5.74) is 7.52. The minimum absolute atomic E-state index is 0.205. The van der Waals surface area contributed by atoms with Crippen LogP contribution >= 0.6 is 23.4 Å². The van der Waals surface area contributed by atoms with Gasteiger partial charge in [0, 0.05) is 10.6 Å². The Kier molecular flexibility index (Phi) is 5.44. The number of nitrogens with zero attached hydrogens (tertiary/aromatic N) is 1. The minimum Gasteiger partial charge on any atom is -0.386 e. The van der Waals surface area contributed by atoms with Gasteiger partial charge in [-0.25, -0.2) is 9.38 Å². The van der Waals surface area contributed by atoms with E-state index in [1.807, 2.05) is 24.3 Å². The third-order valence-electron chi connectivity index (χ3n) is 2.57. The van der Waals surface area contributed by atoms with Crippen molar-refractivity contribution in [1.29, 1.82) is 0 Å². The fraction of sp³-hybridized carbons (Fsp3) is 0.133. The highest BCUT2D eigenvalue weighted by atomic mass is 35.5. The van der Waals surface area contributed by atoms with Crippen LogP contribution in [0, 0.1) is 5.82 Å². The highest BCUT2D eigenvalue weighted by molar-refractivity contribution is 7.98. The molecule has 0 fully saturated rings. The van der Waals surface area contributed by atoms with Crippen molar-refractivity contribution in [2.24, 2.45) is 10.7 Å². The molecule has 104 valence electrons. The molecule has 2 N–H and O–H groups in total. The van der Waals surface area contributed by atoms with Crippen molar-refractivity contribution in [2.45, 2.75) is 10.6 Å². The Morgan fingerprint density at radius 1 is 1.15 bits per heavy atom. The fourth-order valence-electron chi connectivity index (χ4n) is 1.60. The van der Waals surface area contributed by atoms with Crippen LogP contribution in [0.4, 0.5) is 10.1 Å². The molecule has 0 aliphatic heterocycles.